The van der Waals surface area contributed by atoms with E-state index < -0.39 is 6.10 Å². The lowest BCUT2D eigenvalue weighted by Gasteiger charge is -2.14. The Labute approximate surface area is 110 Å². The second-order valence-corrected chi connectivity index (χ2v) is 4.94. The van der Waals surface area contributed by atoms with Crippen molar-refractivity contribution in [1.82, 2.24) is 10.3 Å². The Kier molecular flexibility index (Phi) is 3.85. The number of rotatable bonds is 4. The lowest BCUT2D eigenvalue weighted by atomic mass is 10.1. The van der Waals surface area contributed by atoms with Crippen LogP contribution in [0.3, 0.4) is 0 Å². The molecule has 0 bridgehead atoms. The number of aromatic nitrogens is 1. The first kappa shape index (κ1) is 13.5. The maximum atomic E-state index is 13.0. The Morgan fingerprint density at radius 1 is 1.42 bits per heavy atom. The van der Waals surface area contributed by atoms with Crippen LogP contribution in [0.5, 0.6) is 0 Å². The third kappa shape index (κ3) is 3.12. The summed E-state index contributed by atoms with van der Waals surface area (Å²) in [5, 5.41) is 12.9. The van der Waals surface area contributed by atoms with Gasteiger partial charge < -0.3 is 15.4 Å². The van der Waals surface area contributed by atoms with Crippen LogP contribution in [-0.4, -0.2) is 28.6 Å². The molecule has 1 heterocycles. The Morgan fingerprint density at radius 3 is 2.84 bits per heavy atom. The Morgan fingerprint density at radius 2 is 2.16 bits per heavy atom. The van der Waals surface area contributed by atoms with Crippen LogP contribution in [0.2, 0.25) is 0 Å². The van der Waals surface area contributed by atoms with Crippen molar-refractivity contribution in [2.45, 2.75) is 20.0 Å². The molecule has 19 heavy (non-hydrogen) atoms. The number of amides is 1. The number of H-pyrrole nitrogens is 1. The molecule has 2 rings (SSSR count). The summed E-state index contributed by atoms with van der Waals surface area (Å²) in [6.45, 7) is 3.95. The number of fused-ring (bicyclic) bond motifs is 1. The first-order valence-electron chi connectivity index (χ1n) is 6.22. The van der Waals surface area contributed by atoms with Gasteiger partial charge in [0.2, 0.25) is 0 Å². The summed E-state index contributed by atoms with van der Waals surface area (Å²) in [4.78, 5) is 14.8. The predicted octanol–water partition coefficient (Wildman–Crippen LogP) is 2.05. The van der Waals surface area contributed by atoms with Crippen LogP contribution in [0.4, 0.5) is 4.39 Å². The molecular formula is C14H17FN2O2. The van der Waals surface area contributed by atoms with Gasteiger partial charge in [-0.3, -0.25) is 4.79 Å². The third-order valence-electron chi connectivity index (χ3n) is 3.07. The smallest absolute Gasteiger partial charge is 0.267 e. The van der Waals surface area contributed by atoms with Gasteiger partial charge in [0, 0.05) is 17.4 Å². The summed E-state index contributed by atoms with van der Waals surface area (Å²) < 4.78 is 13.0. The summed E-state index contributed by atoms with van der Waals surface area (Å²) >= 11 is 0. The lowest BCUT2D eigenvalue weighted by molar-refractivity contribution is 0.0868. The number of aliphatic hydroxyl groups is 1. The average molecular weight is 264 g/mol. The Balaban J connectivity index is 2.09. The second-order valence-electron chi connectivity index (χ2n) is 4.94. The van der Waals surface area contributed by atoms with Crippen molar-refractivity contribution >= 4 is 16.8 Å². The van der Waals surface area contributed by atoms with Gasteiger partial charge in [-0.05, 0) is 30.2 Å². The minimum Gasteiger partial charge on any atom is -0.391 e. The molecule has 3 N–H and O–H groups in total. The molecule has 102 valence electrons. The van der Waals surface area contributed by atoms with E-state index in [1.54, 1.807) is 12.1 Å². The number of aliphatic hydroxyl groups excluding tert-OH is 1. The monoisotopic (exact) mass is 264 g/mol. The highest BCUT2D eigenvalue weighted by molar-refractivity contribution is 5.97. The number of hydrogen-bond donors (Lipinski definition) is 3. The summed E-state index contributed by atoms with van der Waals surface area (Å²) in [6, 6.07) is 5.88. The number of carbonyl (C=O) groups excluding carboxylic acids is 1. The number of nitrogens with one attached hydrogen (secondary N) is 2. The fourth-order valence-electron chi connectivity index (χ4n) is 1.75. The molecule has 0 radical (unpaired) electrons. The molecule has 4 nitrogen and oxygen atoms in total. The van der Waals surface area contributed by atoms with E-state index >= 15 is 0 Å². The molecular weight excluding hydrogens is 247 g/mol. The molecule has 0 saturated carbocycles. The highest BCUT2D eigenvalue weighted by Crippen LogP contribution is 2.16. The highest BCUT2D eigenvalue weighted by Gasteiger charge is 2.13. The van der Waals surface area contributed by atoms with E-state index in [2.05, 4.69) is 10.3 Å². The van der Waals surface area contributed by atoms with E-state index in [9.17, 15) is 14.3 Å². The van der Waals surface area contributed by atoms with Gasteiger partial charge >= 0.3 is 0 Å². The second kappa shape index (κ2) is 5.40. The van der Waals surface area contributed by atoms with Crippen LogP contribution in [-0.2, 0) is 0 Å². The topological polar surface area (TPSA) is 65.1 Å². The van der Waals surface area contributed by atoms with Gasteiger partial charge in [0.15, 0.2) is 0 Å². The van der Waals surface area contributed by atoms with Crippen LogP contribution in [0.1, 0.15) is 24.3 Å². The van der Waals surface area contributed by atoms with Crippen LogP contribution in [0, 0.1) is 11.7 Å². The van der Waals surface area contributed by atoms with Gasteiger partial charge in [-0.2, -0.15) is 0 Å². The molecule has 1 aromatic carbocycles. The zero-order valence-corrected chi connectivity index (χ0v) is 10.9. The fourth-order valence-corrected chi connectivity index (χ4v) is 1.75. The Bertz CT molecular complexity index is 592. The number of aromatic amines is 1. The van der Waals surface area contributed by atoms with Crippen molar-refractivity contribution in [2.24, 2.45) is 5.92 Å². The summed E-state index contributed by atoms with van der Waals surface area (Å²) in [6.07, 6.45) is -0.578. The zero-order valence-electron chi connectivity index (χ0n) is 10.9. The standard InChI is InChI=1S/C14H17FN2O2/c1-8(2)13(18)7-16-14(19)12-6-9-5-10(15)3-4-11(9)17-12/h3-6,8,13,17-18H,7H2,1-2H3,(H,16,19). The first-order chi connectivity index (χ1) is 8.97. The molecule has 1 amide bonds. The number of benzene rings is 1. The normalized spacial score (nSPS) is 12.9. The van der Waals surface area contributed by atoms with Gasteiger partial charge in [-0.1, -0.05) is 13.8 Å². The minimum atomic E-state index is -0.578. The van der Waals surface area contributed by atoms with Gasteiger partial charge in [0.25, 0.3) is 5.91 Å². The molecule has 1 atom stereocenters. The molecule has 2 aromatic rings. The molecule has 0 aliphatic carbocycles. The maximum absolute atomic E-state index is 13.0. The molecule has 0 saturated heterocycles. The van der Waals surface area contributed by atoms with Gasteiger partial charge in [0.05, 0.1) is 6.10 Å². The van der Waals surface area contributed by atoms with Crippen molar-refractivity contribution in [3.8, 4) is 0 Å². The van der Waals surface area contributed by atoms with Crippen molar-refractivity contribution in [3.63, 3.8) is 0 Å². The SMILES string of the molecule is CC(C)C(O)CNC(=O)c1cc2cc(F)ccc2[nH]1. The van der Waals surface area contributed by atoms with E-state index in [0.717, 1.165) is 0 Å². The number of hydrogen-bond acceptors (Lipinski definition) is 2. The number of halogens is 1. The van der Waals surface area contributed by atoms with Crippen LogP contribution < -0.4 is 5.32 Å². The molecule has 1 aromatic heterocycles. The third-order valence-corrected chi connectivity index (χ3v) is 3.07. The Hall–Kier alpha value is -1.88. The van der Waals surface area contributed by atoms with Crippen molar-refractivity contribution in [3.05, 3.63) is 35.8 Å². The summed E-state index contributed by atoms with van der Waals surface area (Å²) in [5.74, 6) is -0.567. The largest absolute Gasteiger partial charge is 0.391 e. The van der Waals surface area contributed by atoms with E-state index in [1.165, 1.54) is 12.1 Å². The average Bonchev–Trinajstić information content (AvgIpc) is 2.78. The first-order valence-corrected chi connectivity index (χ1v) is 6.22. The van der Waals surface area contributed by atoms with Crippen molar-refractivity contribution in [2.75, 3.05) is 6.54 Å². The van der Waals surface area contributed by atoms with Crippen LogP contribution in [0.25, 0.3) is 10.9 Å². The molecule has 0 aliphatic rings. The quantitative estimate of drug-likeness (QED) is 0.791. The number of carbonyl (C=O) groups is 1. The zero-order chi connectivity index (χ0) is 14.0. The van der Waals surface area contributed by atoms with Gasteiger partial charge in [-0.25, -0.2) is 4.39 Å². The minimum absolute atomic E-state index is 0.0807. The maximum Gasteiger partial charge on any atom is 0.267 e. The fraction of sp³-hybridized carbons (Fsp3) is 0.357. The predicted molar refractivity (Wildman–Crippen MR) is 71.4 cm³/mol. The van der Waals surface area contributed by atoms with Crippen LogP contribution >= 0.6 is 0 Å². The van der Waals surface area contributed by atoms with E-state index in [1.807, 2.05) is 13.8 Å². The van der Waals surface area contributed by atoms with E-state index in [4.69, 9.17) is 0 Å². The van der Waals surface area contributed by atoms with Gasteiger partial charge in [0.1, 0.15) is 11.5 Å². The summed E-state index contributed by atoms with van der Waals surface area (Å²) in [7, 11) is 0. The van der Waals surface area contributed by atoms with E-state index in [-0.39, 0.29) is 24.2 Å². The van der Waals surface area contributed by atoms with Crippen molar-refractivity contribution in [1.29, 1.82) is 0 Å². The van der Waals surface area contributed by atoms with Crippen molar-refractivity contribution < 1.29 is 14.3 Å². The molecule has 0 spiro atoms. The van der Waals surface area contributed by atoms with E-state index in [0.29, 0.717) is 16.6 Å². The highest BCUT2D eigenvalue weighted by atomic mass is 19.1. The van der Waals surface area contributed by atoms with Crippen LogP contribution in [0.15, 0.2) is 24.3 Å². The van der Waals surface area contributed by atoms with Gasteiger partial charge in [-0.15, -0.1) is 0 Å². The summed E-state index contributed by atoms with van der Waals surface area (Å²) in [5.41, 5.74) is 1.06. The molecule has 5 heteroatoms. The molecule has 1 unspecified atom stereocenters. The lowest BCUT2D eigenvalue weighted by Crippen LogP contribution is -2.34. The molecule has 0 aliphatic heterocycles. The molecule has 0 fully saturated rings.